The van der Waals surface area contributed by atoms with Crippen LogP contribution in [-0.4, -0.2) is 33.5 Å². The molecule has 0 fully saturated rings. The van der Waals surface area contributed by atoms with Crippen molar-refractivity contribution < 1.29 is 13.9 Å². The molecule has 0 radical (unpaired) electrons. The van der Waals surface area contributed by atoms with E-state index in [1.54, 1.807) is 13.2 Å². The van der Waals surface area contributed by atoms with Crippen molar-refractivity contribution in [3.8, 4) is 0 Å². The molecule has 1 rings (SSSR count). The molecule has 0 aliphatic rings. The fourth-order valence-electron chi connectivity index (χ4n) is 1.23. The Balaban J connectivity index is 2.21. The molecule has 1 aromatic carbocycles. The van der Waals surface area contributed by atoms with Crippen LogP contribution >= 0.6 is 0 Å². The van der Waals surface area contributed by atoms with Crippen LogP contribution in [-0.2, 0) is 9.47 Å². The van der Waals surface area contributed by atoms with E-state index in [2.05, 4.69) is 5.32 Å². The van der Waals surface area contributed by atoms with Crippen molar-refractivity contribution in [3.05, 3.63) is 24.0 Å². The molecular formula is C11H17FN2O2. The van der Waals surface area contributed by atoms with Gasteiger partial charge in [0.25, 0.3) is 0 Å². The zero-order valence-corrected chi connectivity index (χ0v) is 9.33. The largest absolute Gasteiger partial charge is 0.399 e. The zero-order valence-electron chi connectivity index (χ0n) is 9.33. The number of nitrogen functional groups attached to an aromatic ring is 1. The minimum Gasteiger partial charge on any atom is -0.399 e. The molecule has 0 atom stereocenters. The summed E-state index contributed by atoms with van der Waals surface area (Å²) in [5, 5.41) is 3.02. The van der Waals surface area contributed by atoms with Gasteiger partial charge in [0.1, 0.15) is 5.82 Å². The Labute approximate surface area is 94.5 Å². The Kier molecular flexibility index (Phi) is 5.60. The minimum atomic E-state index is -0.345. The average molecular weight is 228 g/mol. The molecule has 16 heavy (non-hydrogen) atoms. The van der Waals surface area contributed by atoms with E-state index in [0.717, 1.165) is 0 Å². The first-order valence-corrected chi connectivity index (χ1v) is 5.09. The number of benzene rings is 1. The third-order valence-electron chi connectivity index (χ3n) is 1.93. The lowest BCUT2D eigenvalue weighted by Crippen LogP contribution is -2.12. The molecule has 3 N–H and O–H groups in total. The molecule has 0 saturated heterocycles. The highest BCUT2D eigenvalue weighted by molar-refractivity contribution is 5.54. The van der Waals surface area contributed by atoms with Crippen LogP contribution in [0.1, 0.15) is 0 Å². The second-order valence-electron chi connectivity index (χ2n) is 3.31. The fraction of sp³-hybridized carbons (Fsp3) is 0.455. The summed E-state index contributed by atoms with van der Waals surface area (Å²) in [4.78, 5) is 0. The summed E-state index contributed by atoms with van der Waals surface area (Å²) in [6.45, 7) is 2.28. The number of nitrogens with one attached hydrogen (secondary N) is 1. The third kappa shape index (κ3) is 4.95. The number of methoxy groups -OCH3 is 1. The van der Waals surface area contributed by atoms with Gasteiger partial charge in [-0.05, 0) is 18.2 Å². The highest BCUT2D eigenvalue weighted by atomic mass is 19.1. The molecule has 0 aromatic heterocycles. The molecule has 0 amide bonds. The SMILES string of the molecule is COCCOCCNc1cc(N)cc(F)c1. The lowest BCUT2D eigenvalue weighted by Gasteiger charge is -2.08. The van der Waals surface area contributed by atoms with Gasteiger partial charge in [-0.3, -0.25) is 0 Å². The van der Waals surface area contributed by atoms with Gasteiger partial charge in [-0.15, -0.1) is 0 Å². The minimum absolute atomic E-state index is 0.345. The number of nitrogens with two attached hydrogens (primary N) is 1. The predicted molar refractivity (Wildman–Crippen MR) is 62.0 cm³/mol. The van der Waals surface area contributed by atoms with Crippen molar-refractivity contribution >= 4 is 11.4 Å². The molecule has 4 nitrogen and oxygen atoms in total. The maximum atomic E-state index is 12.9. The predicted octanol–water partition coefficient (Wildman–Crippen LogP) is 1.48. The van der Waals surface area contributed by atoms with Gasteiger partial charge in [-0.2, -0.15) is 0 Å². The number of hydrogen-bond acceptors (Lipinski definition) is 4. The Morgan fingerprint density at radius 3 is 2.75 bits per heavy atom. The van der Waals surface area contributed by atoms with Gasteiger partial charge in [-0.25, -0.2) is 4.39 Å². The van der Waals surface area contributed by atoms with Crippen molar-refractivity contribution in [2.24, 2.45) is 0 Å². The van der Waals surface area contributed by atoms with Crippen LogP contribution in [0, 0.1) is 5.82 Å². The summed E-state index contributed by atoms with van der Waals surface area (Å²) in [5.41, 5.74) is 6.57. The first-order chi connectivity index (χ1) is 7.72. The molecule has 0 aliphatic carbocycles. The van der Waals surface area contributed by atoms with Crippen molar-refractivity contribution in [2.45, 2.75) is 0 Å². The number of rotatable bonds is 7. The second-order valence-corrected chi connectivity index (χ2v) is 3.31. The molecule has 0 saturated carbocycles. The second kappa shape index (κ2) is 7.03. The monoisotopic (exact) mass is 228 g/mol. The molecule has 0 bridgehead atoms. The van der Waals surface area contributed by atoms with Gasteiger partial charge in [-0.1, -0.05) is 0 Å². The third-order valence-corrected chi connectivity index (χ3v) is 1.93. The molecule has 0 spiro atoms. The van der Waals surface area contributed by atoms with E-state index >= 15 is 0 Å². The van der Waals surface area contributed by atoms with Gasteiger partial charge >= 0.3 is 0 Å². The lowest BCUT2D eigenvalue weighted by molar-refractivity contribution is 0.0759. The molecule has 90 valence electrons. The Morgan fingerprint density at radius 1 is 1.25 bits per heavy atom. The molecule has 0 aliphatic heterocycles. The zero-order chi connectivity index (χ0) is 11.8. The smallest absolute Gasteiger partial charge is 0.127 e. The van der Waals surface area contributed by atoms with E-state index in [0.29, 0.717) is 37.7 Å². The number of ether oxygens (including phenoxy) is 2. The average Bonchev–Trinajstić information content (AvgIpc) is 2.22. The van der Waals surface area contributed by atoms with E-state index in [1.165, 1.54) is 12.1 Å². The van der Waals surface area contributed by atoms with Gasteiger partial charge in [0, 0.05) is 25.0 Å². The molecule has 1 aromatic rings. The summed E-state index contributed by atoms with van der Waals surface area (Å²) in [5.74, 6) is -0.345. The first kappa shape index (κ1) is 12.7. The Hall–Kier alpha value is -1.33. The Morgan fingerprint density at radius 2 is 2.06 bits per heavy atom. The van der Waals surface area contributed by atoms with Gasteiger partial charge in [0.05, 0.1) is 19.8 Å². The Bertz CT molecular complexity index is 301. The standard InChI is InChI=1S/C11H17FN2O2/c1-15-4-5-16-3-2-14-11-7-9(12)6-10(13)8-11/h6-8,14H,2-5,13H2,1H3. The maximum absolute atomic E-state index is 12.9. The normalized spacial score (nSPS) is 10.4. The summed E-state index contributed by atoms with van der Waals surface area (Å²) in [7, 11) is 1.62. The van der Waals surface area contributed by atoms with Crippen LogP contribution in [0.25, 0.3) is 0 Å². The summed E-state index contributed by atoms with van der Waals surface area (Å²) in [6, 6.07) is 4.35. The van der Waals surface area contributed by atoms with Crippen molar-refractivity contribution in [1.82, 2.24) is 0 Å². The fourth-order valence-corrected chi connectivity index (χ4v) is 1.23. The van der Waals surface area contributed by atoms with E-state index in [4.69, 9.17) is 15.2 Å². The number of halogens is 1. The highest BCUT2D eigenvalue weighted by Crippen LogP contribution is 2.14. The van der Waals surface area contributed by atoms with E-state index in [9.17, 15) is 4.39 Å². The van der Waals surface area contributed by atoms with E-state index in [-0.39, 0.29) is 5.82 Å². The van der Waals surface area contributed by atoms with Crippen LogP contribution in [0.15, 0.2) is 18.2 Å². The van der Waals surface area contributed by atoms with Gasteiger partial charge in [0.15, 0.2) is 0 Å². The van der Waals surface area contributed by atoms with Gasteiger partial charge in [0.2, 0.25) is 0 Å². The van der Waals surface area contributed by atoms with Crippen LogP contribution in [0.3, 0.4) is 0 Å². The van der Waals surface area contributed by atoms with Crippen LogP contribution in [0.2, 0.25) is 0 Å². The van der Waals surface area contributed by atoms with Crippen molar-refractivity contribution in [2.75, 3.05) is 44.5 Å². The quantitative estimate of drug-likeness (QED) is 0.548. The number of hydrogen-bond donors (Lipinski definition) is 2. The summed E-state index contributed by atoms with van der Waals surface area (Å²) >= 11 is 0. The van der Waals surface area contributed by atoms with Gasteiger partial charge < -0.3 is 20.5 Å². The maximum Gasteiger partial charge on any atom is 0.127 e. The van der Waals surface area contributed by atoms with E-state index in [1.807, 2.05) is 0 Å². The summed E-state index contributed by atoms with van der Waals surface area (Å²) < 4.78 is 23.0. The van der Waals surface area contributed by atoms with Crippen LogP contribution in [0.4, 0.5) is 15.8 Å². The molecule has 0 unspecified atom stereocenters. The van der Waals surface area contributed by atoms with E-state index < -0.39 is 0 Å². The molecule has 5 heteroatoms. The topological polar surface area (TPSA) is 56.5 Å². The molecular weight excluding hydrogens is 211 g/mol. The lowest BCUT2D eigenvalue weighted by atomic mass is 10.2. The van der Waals surface area contributed by atoms with Crippen LogP contribution < -0.4 is 11.1 Å². The first-order valence-electron chi connectivity index (χ1n) is 5.09. The highest BCUT2D eigenvalue weighted by Gasteiger charge is 1.97. The van der Waals surface area contributed by atoms with Crippen molar-refractivity contribution in [1.29, 1.82) is 0 Å². The number of anilines is 2. The van der Waals surface area contributed by atoms with Crippen LogP contribution in [0.5, 0.6) is 0 Å². The summed E-state index contributed by atoms with van der Waals surface area (Å²) in [6.07, 6.45) is 0. The molecule has 0 heterocycles. The van der Waals surface area contributed by atoms with Crippen molar-refractivity contribution in [3.63, 3.8) is 0 Å².